The van der Waals surface area contributed by atoms with E-state index in [1.54, 1.807) is 17.1 Å². The van der Waals surface area contributed by atoms with Gasteiger partial charge in [-0.05, 0) is 24.6 Å². The maximum atomic E-state index is 11.3. The van der Waals surface area contributed by atoms with E-state index in [1.807, 2.05) is 6.92 Å². The molecule has 0 N–H and O–H groups in total. The summed E-state index contributed by atoms with van der Waals surface area (Å²) in [6.07, 6.45) is 0.731. The normalized spacial score (nSPS) is 16.7. The minimum atomic E-state index is 0.397. The molecule has 0 aliphatic carbocycles. The molecule has 0 saturated carbocycles. The first-order chi connectivity index (χ1) is 11.0. The Balaban J connectivity index is 2.44. The highest BCUT2D eigenvalue weighted by molar-refractivity contribution is 6.37. The summed E-state index contributed by atoms with van der Waals surface area (Å²) in [7, 11) is 1.53. The summed E-state index contributed by atoms with van der Waals surface area (Å²) in [5.41, 5.74) is 1.40. The number of methoxy groups -OCH3 is 1. The number of benzene rings is 1. The van der Waals surface area contributed by atoms with E-state index in [0.717, 1.165) is 6.41 Å². The number of hydrogen-bond acceptors (Lipinski definition) is 4. The van der Waals surface area contributed by atoms with Crippen LogP contribution in [0.5, 0.6) is 5.75 Å². The third-order valence-corrected chi connectivity index (χ3v) is 4.61. The molecule has 0 bridgehead atoms. The largest absolute Gasteiger partial charge is 0.495 e. The lowest BCUT2D eigenvalue weighted by Gasteiger charge is -2.31. The van der Waals surface area contributed by atoms with E-state index in [-0.39, 0.29) is 0 Å². The fraction of sp³-hybridized carbons (Fsp3) is 0.400. The van der Waals surface area contributed by atoms with Crippen LogP contribution >= 0.6 is 34.8 Å². The van der Waals surface area contributed by atoms with Gasteiger partial charge in [0.05, 0.1) is 38.4 Å². The second kappa shape index (κ2) is 8.11. The summed E-state index contributed by atoms with van der Waals surface area (Å²) in [5.74, 6) is 0.501. The lowest BCUT2D eigenvalue weighted by atomic mass is 10.1. The fourth-order valence-corrected chi connectivity index (χ4v) is 3.14. The van der Waals surface area contributed by atoms with Crippen LogP contribution in [0.3, 0.4) is 0 Å². The van der Waals surface area contributed by atoms with Gasteiger partial charge in [0.1, 0.15) is 10.9 Å². The molecule has 1 aliphatic rings. The van der Waals surface area contributed by atoms with Crippen LogP contribution in [0.15, 0.2) is 17.3 Å². The Labute approximate surface area is 150 Å². The lowest BCUT2D eigenvalue weighted by Crippen LogP contribution is -2.41. The van der Waals surface area contributed by atoms with E-state index in [4.69, 9.17) is 44.3 Å². The number of hydrogen-bond donors (Lipinski definition) is 0. The summed E-state index contributed by atoms with van der Waals surface area (Å²) in [6, 6.07) is 3.33. The van der Waals surface area contributed by atoms with E-state index < -0.39 is 0 Å². The van der Waals surface area contributed by atoms with Crippen LogP contribution < -0.4 is 4.74 Å². The molecular formula is C15H17Cl3N2O3. The molecule has 1 aromatic carbocycles. The molecule has 8 heteroatoms. The Hall–Kier alpha value is -1.14. The summed E-state index contributed by atoms with van der Waals surface area (Å²) in [5, 5.41) is 4.43. The number of amides is 1. The molecular weight excluding hydrogens is 363 g/mol. The molecule has 126 valence electrons. The fourth-order valence-electron chi connectivity index (χ4n) is 2.26. The number of carbonyl (C=O) groups is 1. The Kier molecular flexibility index (Phi) is 6.41. The van der Waals surface area contributed by atoms with Gasteiger partial charge in [0.15, 0.2) is 0 Å². The van der Waals surface area contributed by atoms with Crippen LogP contribution in [0.1, 0.15) is 12.5 Å². The Morgan fingerprint density at radius 3 is 2.61 bits per heavy atom. The summed E-state index contributed by atoms with van der Waals surface area (Å²) in [6.45, 7) is 3.67. The average molecular weight is 380 g/mol. The molecule has 0 aromatic heterocycles. The molecule has 5 nitrogen and oxygen atoms in total. The van der Waals surface area contributed by atoms with Crippen molar-refractivity contribution in [3.05, 3.63) is 32.9 Å². The van der Waals surface area contributed by atoms with E-state index >= 15 is 0 Å². The van der Waals surface area contributed by atoms with Crippen molar-refractivity contribution in [1.82, 2.24) is 10.0 Å². The zero-order chi connectivity index (χ0) is 17.0. The van der Waals surface area contributed by atoms with Crippen molar-refractivity contribution in [2.24, 2.45) is 0 Å². The van der Waals surface area contributed by atoms with Gasteiger partial charge in [-0.1, -0.05) is 34.8 Å². The summed E-state index contributed by atoms with van der Waals surface area (Å²) >= 11 is 18.9. The number of allylic oxidation sites excluding steroid dienone is 1. The number of hydrazine groups is 1. The SMILES string of the molecule is COc1cc(/C(C)=C(\Cl)N2CCOCCN2C=O)c(Cl)cc1Cl. The van der Waals surface area contributed by atoms with Gasteiger partial charge < -0.3 is 9.47 Å². The number of carbonyl (C=O) groups excluding carboxylic acids is 1. The number of halogens is 3. The first-order valence-corrected chi connectivity index (χ1v) is 8.10. The monoisotopic (exact) mass is 378 g/mol. The van der Waals surface area contributed by atoms with Crippen LogP contribution in [0.2, 0.25) is 10.0 Å². The van der Waals surface area contributed by atoms with E-state index in [9.17, 15) is 4.79 Å². The first-order valence-electron chi connectivity index (χ1n) is 6.96. The number of rotatable bonds is 4. The topological polar surface area (TPSA) is 42.0 Å². The molecule has 0 unspecified atom stereocenters. The van der Waals surface area contributed by atoms with E-state index in [0.29, 0.717) is 58.4 Å². The maximum absolute atomic E-state index is 11.3. The summed E-state index contributed by atoms with van der Waals surface area (Å²) < 4.78 is 10.6. The minimum Gasteiger partial charge on any atom is -0.495 e. The molecule has 2 rings (SSSR count). The zero-order valence-electron chi connectivity index (χ0n) is 12.8. The van der Waals surface area contributed by atoms with Crippen molar-refractivity contribution in [3.63, 3.8) is 0 Å². The Bertz CT molecular complexity index is 622. The maximum Gasteiger partial charge on any atom is 0.228 e. The molecule has 0 atom stereocenters. The van der Waals surface area contributed by atoms with Gasteiger partial charge in [-0.25, -0.2) is 0 Å². The van der Waals surface area contributed by atoms with Gasteiger partial charge in [-0.3, -0.25) is 14.8 Å². The van der Waals surface area contributed by atoms with Crippen molar-refractivity contribution in [2.75, 3.05) is 33.4 Å². The molecule has 1 saturated heterocycles. The zero-order valence-corrected chi connectivity index (χ0v) is 15.1. The molecule has 1 fully saturated rings. The second-order valence-electron chi connectivity index (χ2n) is 4.89. The van der Waals surface area contributed by atoms with Crippen LogP contribution in [0, 0.1) is 0 Å². The van der Waals surface area contributed by atoms with Crippen LogP contribution in [0.25, 0.3) is 5.57 Å². The highest BCUT2D eigenvalue weighted by atomic mass is 35.5. The standard InChI is InChI=1S/C15H17Cl3N2O3/c1-10(11-7-14(22-2)13(17)8-12(11)16)15(18)20-4-6-23-5-3-19(20)9-21/h7-9H,3-6H2,1-2H3/b15-10+. The van der Waals surface area contributed by atoms with Crippen LogP contribution in [-0.4, -0.2) is 49.8 Å². The third-order valence-electron chi connectivity index (χ3n) is 3.53. The molecule has 1 amide bonds. The van der Waals surface area contributed by atoms with Crippen molar-refractivity contribution in [2.45, 2.75) is 6.92 Å². The van der Waals surface area contributed by atoms with Crippen molar-refractivity contribution >= 4 is 46.8 Å². The highest BCUT2D eigenvalue weighted by Gasteiger charge is 2.22. The van der Waals surface area contributed by atoms with Crippen molar-refractivity contribution in [1.29, 1.82) is 0 Å². The minimum absolute atomic E-state index is 0.397. The lowest BCUT2D eigenvalue weighted by molar-refractivity contribution is -0.129. The van der Waals surface area contributed by atoms with Gasteiger partial charge in [0, 0.05) is 10.6 Å². The molecule has 0 radical (unpaired) electrons. The van der Waals surface area contributed by atoms with Crippen LogP contribution in [-0.2, 0) is 9.53 Å². The van der Waals surface area contributed by atoms with E-state index in [1.165, 1.54) is 12.1 Å². The van der Waals surface area contributed by atoms with E-state index in [2.05, 4.69) is 0 Å². The molecule has 0 spiro atoms. The van der Waals surface area contributed by atoms with Gasteiger partial charge in [0.2, 0.25) is 6.41 Å². The predicted molar refractivity (Wildman–Crippen MR) is 91.8 cm³/mol. The number of ether oxygens (including phenoxy) is 2. The third kappa shape index (κ3) is 4.04. The second-order valence-corrected chi connectivity index (χ2v) is 6.06. The molecule has 23 heavy (non-hydrogen) atoms. The van der Waals surface area contributed by atoms with Gasteiger partial charge in [0.25, 0.3) is 0 Å². The van der Waals surface area contributed by atoms with Gasteiger partial charge in [-0.2, -0.15) is 0 Å². The Morgan fingerprint density at radius 1 is 1.26 bits per heavy atom. The van der Waals surface area contributed by atoms with Gasteiger partial charge >= 0.3 is 0 Å². The Morgan fingerprint density at radius 2 is 1.96 bits per heavy atom. The first kappa shape index (κ1) is 18.2. The van der Waals surface area contributed by atoms with Crippen molar-refractivity contribution < 1.29 is 14.3 Å². The van der Waals surface area contributed by atoms with Crippen molar-refractivity contribution in [3.8, 4) is 5.75 Å². The number of nitrogens with zero attached hydrogens (tertiary/aromatic N) is 2. The molecule has 1 aliphatic heterocycles. The van der Waals surface area contributed by atoms with Crippen LogP contribution in [0.4, 0.5) is 0 Å². The van der Waals surface area contributed by atoms with Gasteiger partial charge in [-0.15, -0.1) is 0 Å². The highest BCUT2D eigenvalue weighted by Crippen LogP contribution is 2.36. The summed E-state index contributed by atoms with van der Waals surface area (Å²) in [4.78, 5) is 11.3. The smallest absolute Gasteiger partial charge is 0.228 e. The quantitative estimate of drug-likeness (QED) is 0.592. The predicted octanol–water partition coefficient (Wildman–Crippen LogP) is 3.63. The molecule has 1 heterocycles. The average Bonchev–Trinajstić information content (AvgIpc) is 2.79. The molecule has 1 aromatic rings.